The smallest absolute Gasteiger partial charge is 0.160 e. The molecule has 6 heteroatoms. The summed E-state index contributed by atoms with van der Waals surface area (Å²) < 4.78 is 2.02. The Morgan fingerprint density at radius 1 is 1.24 bits per heavy atom. The minimum atomic E-state index is 0.495. The van der Waals surface area contributed by atoms with Gasteiger partial charge in [0.25, 0.3) is 0 Å². The van der Waals surface area contributed by atoms with Crippen LogP contribution >= 0.6 is 11.3 Å². The molecule has 0 atom stereocenters. The van der Waals surface area contributed by atoms with E-state index < -0.39 is 0 Å². The molecule has 0 aromatic carbocycles. The summed E-state index contributed by atoms with van der Waals surface area (Å²) in [7, 11) is 2.08. The molecule has 3 heterocycles. The summed E-state index contributed by atoms with van der Waals surface area (Å²) in [5.74, 6) is 1.45. The molecule has 0 saturated carbocycles. The molecular weight excluding hydrogens is 282 g/mol. The second kappa shape index (κ2) is 5.91. The Hall–Kier alpha value is -1.79. The molecule has 0 N–H and O–H groups in total. The first-order valence-electron chi connectivity index (χ1n) is 7.05. The van der Waals surface area contributed by atoms with E-state index in [9.17, 15) is 0 Å². The maximum absolute atomic E-state index is 4.68. The molecule has 0 spiro atoms. The van der Waals surface area contributed by atoms with Gasteiger partial charge in [-0.05, 0) is 19.2 Å². The number of aromatic nitrogens is 4. The van der Waals surface area contributed by atoms with E-state index in [0.717, 1.165) is 30.3 Å². The minimum absolute atomic E-state index is 0.495. The van der Waals surface area contributed by atoms with Crippen LogP contribution in [0.3, 0.4) is 0 Å². The van der Waals surface area contributed by atoms with Crippen molar-refractivity contribution in [2.45, 2.75) is 32.9 Å². The average Bonchev–Trinajstić information content (AvgIpc) is 3.07. The van der Waals surface area contributed by atoms with Gasteiger partial charge in [-0.1, -0.05) is 19.9 Å². The first-order chi connectivity index (χ1) is 10.1. The van der Waals surface area contributed by atoms with Gasteiger partial charge in [0, 0.05) is 24.0 Å². The Morgan fingerprint density at radius 2 is 2.10 bits per heavy atom. The molecule has 3 aromatic rings. The maximum atomic E-state index is 4.68. The van der Waals surface area contributed by atoms with Gasteiger partial charge in [-0.3, -0.25) is 9.30 Å². The lowest BCUT2D eigenvalue weighted by molar-refractivity contribution is 0.306. The Labute approximate surface area is 128 Å². The maximum Gasteiger partial charge on any atom is 0.160 e. The lowest BCUT2D eigenvalue weighted by Crippen LogP contribution is -2.19. The molecule has 3 rings (SSSR count). The minimum Gasteiger partial charge on any atom is -0.293 e. The van der Waals surface area contributed by atoms with Crippen molar-refractivity contribution in [3.8, 4) is 0 Å². The number of hydrogen-bond donors (Lipinski definition) is 0. The van der Waals surface area contributed by atoms with Crippen molar-refractivity contribution < 1.29 is 0 Å². The first kappa shape index (κ1) is 14.2. The van der Waals surface area contributed by atoms with Crippen LogP contribution < -0.4 is 0 Å². The van der Waals surface area contributed by atoms with Gasteiger partial charge in [-0.15, -0.1) is 21.5 Å². The Balaban J connectivity index is 1.69. The zero-order valence-electron chi connectivity index (χ0n) is 12.5. The second-order valence-electron chi connectivity index (χ2n) is 5.55. The number of nitrogens with zero attached hydrogens (tertiary/aromatic N) is 5. The van der Waals surface area contributed by atoms with Crippen LogP contribution in [-0.4, -0.2) is 31.5 Å². The summed E-state index contributed by atoms with van der Waals surface area (Å²) in [6.45, 7) is 5.92. The van der Waals surface area contributed by atoms with Crippen LogP contribution in [0.15, 0.2) is 29.8 Å². The summed E-state index contributed by atoms with van der Waals surface area (Å²) in [5.41, 5.74) is 2.01. The van der Waals surface area contributed by atoms with E-state index in [-0.39, 0.29) is 0 Å². The zero-order chi connectivity index (χ0) is 14.8. The Kier molecular flexibility index (Phi) is 3.98. The molecule has 21 heavy (non-hydrogen) atoms. The number of fused-ring (bicyclic) bond motifs is 1. The largest absolute Gasteiger partial charge is 0.293 e. The summed E-state index contributed by atoms with van der Waals surface area (Å²) in [4.78, 5) is 6.89. The fraction of sp³-hybridized carbons (Fsp3) is 0.400. The molecule has 0 radical (unpaired) electrons. The predicted octanol–water partition coefficient (Wildman–Crippen LogP) is 2.94. The van der Waals surface area contributed by atoms with E-state index in [2.05, 4.69) is 46.4 Å². The third-order valence-electron chi connectivity index (χ3n) is 3.29. The van der Waals surface area contributed by atoms with Gasteiger partial charge < -0.3 is 0 Å². The average molecular weight is 301 g/mol. The van der Waals surface area contributed by atoms with Crippen molar-refractivity contribution in [3.63, 3.8) is 0 Å². The van der Waals surface area contributed by atoms with Gasteiger partial charge in [0.2, 0.25) is 0 Å². The van der Waals surface area contributed by atoms with Gasteiger partial charge in [0.1, 0.15) is 0 Å². The Bertz CT molecular complexity index is 730. The van der Waals surface area contributed by atoms with Gasteiger partial charge >= 0.3 is 0 Å². The fourth-order valence-corrected chi connectivity index (χ4v) is 3.06. The van der Waals surface area contributed by atoms with Crippen LogP contribution in [0, 0.1) is 0 Å². The second-order valence-corrected chi connectivity index (χ2v) is 6.44. The van der Waals surface area contributed by atoms with Crippen LogP contribution in [0.5, 0.6) is 0 Å². The quantitative estimate of drug-likeness (QED) is 0.727. The molecule has 0 saturated heterocycles. The summed E-state index contributed by atoms with van der Waals surface area (Å²) in [6, 6.07) is 5.93. The monoisotopic (exact) mass is 301 g/mol. The van der Waals surface area contributed by atoms with Crippen molar-refractivity contribution in [3.05, 3.63) is 46.3 Å². The van der Waals surface area contributed by atoms with E-state index in [0.29, 0.717) is 5.92 Å². The van der Waals surface area contributed by atoms with Gasteiger partial charge in [-0.25, -0.2) is 4.98 Å². The molecule has 0 fully saturated rings. The number of hydrogen-bond acceptors (Lipinski definition) is 5. The lowest BCUT2D eigenvalue weighted by atomic mass is 10.2. The highest BCUT2D eigenvalue weighted by atomic mass is 32.1. The van der Waals surface area contributed by atoms with Crippen LogP contribution in [0.2, 0.25) is 0 Å². The third-order valence-corrected chi connectivity index (χ3v) is 4.49. The topological polar surface area (TPSA) is 46.3 Å². The fourth-order valence-electron chi connectivity index (χ4n) is 2.23. The Morgan fingerprint density at radius 3 is 2.86 bits per heavy atom. The summed E-state index contributed by atoms with van der Waals surface area (Å²) in [6.07, 6.45) is 2.00. The van der Waals surface area contributed by atoms with Crippen molar-refractivity contribution in [1.29, 1.82) is 0 Å². The molecule has 0 aliphatic heterocycles. The van der Waals surface area contributed by atoms with E-state index in [1.807, 2.05) is 28.8 Å². The SMILES string of the molecule is CC(C)c1nc(CN(C)Cc2nnc3ccccn23)cs1. The predicted molar refractivity (Wildman–Crippen MR) is 84.4 cm³/mol. The molecule has 5 nitrogen and oxygen atoms in total. The number of rotatable bonds is 5. The van der Waals surface area contributed by atoms with E-state index >= 15 is 0 Å². The highest BCUT2D eigenvalue weighted by Gasteiger charge is 2.11. The first-order valence-corrected chi connectivity index (χ1v) is 7.93. The van der Waals surface area contributed by atoms with Crippen molar-refractivity contribution >= 4 is 17.0 Å². The van der Waals surface area contributed by atoms with E-state index in [1.54, 1.807) is 11.3 Å². The molecule has 0 aliphatic rings. The van der Waals surface area contributed by atoms with Crippen LogP contribution in [0.1, 0.15) is 36.3 Å². The van der Waals surface area contributed by atoms with Gasteiger partial charge in [0.15, 0.2) is 11.5 Å². The van der Waals surface area contributed by atoms with Crippen molar-refractivity contribution in [2.75, 3.05) is 7.05 Å². The normalized spacial score (nSPS) is 11.9. The van der Waals surface area contributed by atoms with E-state index in [1.165, 1.54) is 5.01 Å². The molecule has 0 aliphatic carbocycles. The van der Waals surface area contributed by atoms with Gasteiger partial charge in [-0.2, -0.15) is 0 Å². The number of thiazole rings is 1. The van der Waals surface area contributed by atoms with Crippen molar-refractivity contribution in [1.82, 2.24) is 24.5 Å². The molecule has 0 bridgehead atoms. The lowest BCUT2D eigenvalue weighted by Gasteiger charge is -2.13. The molecular formula is C15H19N5S. The molecule has 0 amide bonds. The third kappa shape index (κ3) is 3.11. The summed E-state index contributed by atoms with van der Waals surface area (Å²) in [5, 5.41) is 11.8. The van der Waals surface area contributed by atoms with Gasteiger partial charge in [0.05, 0.1) is 17.2 Å². The molecule has 3 aromatic heterocycles. The highest BCUT2D eigenvalue weighted by molar-refractivity contribution is 7.09. The van der Waals surface area contributed by atoms with Crippen molar-refractivity contribution in [2.24, 2.45) is 0 Å². The highest BCUT2D eigenvalue weighted by Crippen LogP contribution is 2.20. The van der Waals surface area contributed by atoms with E-state index in [4.69, 9.17) is 0 Å². The standard InChI is InChI=1S/C15H19N5S/c1-11(2)15-16-12(10-21-15)8-19(3)9-14-18-17-13-6-4-5-7-20(13)14/h4-7,10-11H,8-9H2,1-3H3. The van der Waals surface area contributed by atoms with Crippen LogP contribution in [0.4, 0.5) is 0 Å². The molecule has 0 unspecified atom stereocenters. The zero-order valence-corrected chi connectivity index (χ0v) is 13.3. The molecule has 110 valence electrons. The number of pyridine rings is 1. The van der Waals surface area contributed by atoms with Crippen LogP contribution in [0.25, 0.3) is 5.65 Å². The summed E-state index contributed by atoms with van der Waals surface area (Å²) >= 11 is 1.74. The van der Waals surface area contributed by atoms with Crippen LogP contribution in [-0.2, 0) is 13.1 Å².